The zero-order valence-electron chi connectivity index (χ0n) is 14.0. The van der Waals surface area contributed by atoms with Crippen molar-refractivity contribution in [2.24, 2.45) is 0 Å². The van der Waals surface area contributed by atoms with Gasteiger partial charge in [0.25, 0.3) is 0 Å². The highest BCUT2D eigenvalue weighted by Gasteiger charge is 2.34. The van der Waals surface area contributed by atoms with E-state index in [1.54, 1.807) is 23.0 Å². The van der Waals surface area contributed by atoms with Crippen molar-refractivity contribution in [1.29, 1.82) is 0 Å². The van der Waals surface area contributed by atoms with Crippen LogP contribution in [0.15, 0.2) is 42.3 Å². The smallest absolute Gasteiger partial charge is 0.381 e. The summed E-state index contributed by atoms with van der Waals surface area (Å²) in [4.78, 5) is 4.61. The van der Waals surface area contributed by atoms with Crippen LogP contribution >= 0.6 is 0 Å². The summed E-state index contributed by atoms with van der Waals surface area (Å²) < 4.78 is 46.0. The lowest BCUT2D eigenvalue weighted by atomic mass is 9.91. The molecule has 0 radical (unpaired) electrons. The van der Waals surface area contributed by atoms with Crippen LogP contribution in [0.3, 0.4) is 0 Å². The third-order valence-electron chi connectivity index (χ3n) is 4.76. The Morgan fingerprint density at radius 3 is 2.81 bits per heavy atom. The molecule has 1 aliphatic carbocycles. The lowest BCUT2D eigenvalue weighted by Crippen LogP contribution is -2.28. The van der Waals surface area contributed by atoms with Crippen LogP contribution in [0.1, 0.15) is 30.7 Å². The van der Waals surface area contributed by atoms with Crippen LogP contribution in [0.25, 0.3) is 5.65 Å². The Balaban J connectivity index is 1.62. The molecule has 3 heterocycles. The van der Waals surface area contributed by atoms with Gasteiger partial charge in [0.05, 0.1) is 11.8 Å². The zero-order valence-corrected chi connectivity index (χ0v) is 14.0. The number of hydrogen-bond acceptors (Lipinski definition) is 4. The molecule has 1 aliphatic heterocycles. The predicted molar refractivity (Wildman–Crippen MR) is 91.1 cm³/mol. The van der Waals surface area contributed by atoms with E-state index in [-0.39, 0.29) is 5.92 Å². The van der Waals surface area contributed by atoms with Gasteiger partial charge in [-0.3, -0.25) is 0 Å². The topological polar surface area (TPSA) is 51.5 Å². The summed E-state index contributed by atoms with van der Waals surface area (Å²) in [6.45, 7) is 1.44. The molecule has 138 valence electrons. The molecule has 0 bridgehead atoms. The first kappa shape index (κ1) is 17.1. The number of ether oxygens (including phenoxy) is 1. The summed E-state index contributed by atoms with van der Waals surface area (Å²) in [6.07, 6.45) is 5.30. The molecule has 0 amide bonds. The van der Waals surface area contributed by atoms with E-state index in [0.717, 1.165) is 32.1 Å². The molecule has 0 spiro atoms. The van der Waals surface area contributed by atoms with Crippen molar-refractivity contribution in [3.63, 3.8) is 0 Å². The quantitative estimate of drug-likeness (QED) is 0.899. The number of rotatable bonds is 3. The van der Waals surface area contributed by atoms with Gasteiger partial charge in [-0.2, -0.15) is 18.3 Å². The van der Waals surface area contributed by atoms with Crippen LogP contribution in [0, 0.1) is 0 Å². The van der Waals surface area contributed by atoms with Gasteiger partial charge in [0.2, 0.25) is 0 Å². The molecule has 5 nitrogen and oxygen atoms in total. The first-order valence-corrected chi connectivity index (χ1v) is 8.65. The van der Waals surface area contributed by atoms with E-state index in [1.807, 2.05) is 6.07 Å². The standard InChI is InChI=1S/C18H19F3N4O/c19-18(20,21)13-3-1-2-12(10-13)15-11-22-25-7-4-16(24-17(15)25)23-14-5-8-26-9-6-14/h1,3-4,7,10-12,14H,2,5-6,8-9H2,(H,23,24). The van der Waals surface area contributed by atoms with Crippen LogP contribution in [0.4, 0.5) is 19.0 Å². The van der Waals surface area contributed by atoms with E-state index in [1.165, 1.54) is 6.08 Å². The Bertz CT molecular complexity index is 850. The Morgan fingerprint density at radius 2 is 2.04 bits per heavy atom. The molecule has 1 saturated heterocycles. The number of allylic oxidation sites excluding steroid dienone is 4. The van der Waals surface area contributed by atoms with Crippen molar-refractivity contribution in [2.45, 2.75) is 37.4 Å². The zero-order chi connectivity index (χ0) is 18.1. The second-order valence-electron chi connectivity index (χ2n) is 6.58. The highest BCUT2D eigenvalue weighted by Crippen LogP contribution is 2.36. The van der Waals surface area contributed by atoms with Crippen molar-refractivity contribution in [1.82, 2.24) is 14.6 Å². The molecule has 4 rings (SSSR count). The number of anilines is 1. The van der Waals surface area contributed by atoms with E-state index < -0.39 is 11.7 Å². The molecule has 26 heavy (non-hydrogen) atoms. The maximum absolute atomic E-state index is 13.0. The Labute approximate surface area is 148 Å². The molecule has 8 heteroatoms. The Kier molecular flexibility index (Phi) is 4.44. The van der Waals surface area contributed by atoms with Crippen molar-refractivity contribution in [2.75, 3.05) is 18.5 Å². The number of aromatic nitrogens is 3. The lowest BCUT2D eigenvalue weighted by Gasteiger charge is -2.23. The fourth-order valence-corrected chi connectivity index (χ4v) is 3.37. The molecule has 0 saturated carbocycles. The summed E-state index contributed by atoms with van der Waals surface area (Å²) >= 11 is 0. The van der Waals surface area contributed by atoms with Crippen LogP contribution in [-0.2, 0) is 4.74 Å². The van der Waals surface area contributed by atoms with Crippen LogP contribution in [-0.4, -0.2) is 40.0 Å². The third-order valence-corrected chi connectivity index (χ3v) is 4.76. The molecule has 1 N–H and O–H groups in total. The average Bonchev–Trinajstić information content (AvgIpc) is 3.05. The molecule has 2 aromatic rings. The fourth-order valence-electron chi connectivity index (χ4n) is 3.37. The van der Waals surface area contributed by atoms with Crippen molar-refractivity contribution < 1.29 is 17.9 Å². The highest BCUT2D eigenvalue weighted by atomic mass is 19.4. The number of fused-ring (bicyclic) bond motifs is 1. The number of nitrogens with one attached hydrogen (secondary N) is 1. The minimum atomic E-state index is -4.35. The molecule has 1 unspecified atom stereocenters. The second kappa shape index (κ2) is 6.75. The summed E-state index contributed by atoms with van der Waals surface area (Å²) in [7, 11) is 0. The van der Waals surface area contributed by atoms with E-state index in [0.29, 0.717) is 29.5 Å². The predicted octanol–water partition coefficient (Wildman–Crippen LogP) is 3.85. The van der Waals surface area contributed by atoms with E-state index in [4.69, 9.17) is 4.74 Å². The van der Waals surface area contributed by atoms with Gasteiger partial charge < -0.3 is 10.1 Å². The van der Waals surface area contributed by atoms with Crippen LogP contribution in [0.2, 0.25) is 0 Å². The average molecular weight is 364 g/mol. The van der Waals surface area contributed by atoms with Gasteiger partial charge in [-0.15, -0.1) is 0 Å². The van der Waals surface area contributed by atoms with Crippen LogP contribution < -0.4 is 5.32 Å². The summed E-state index contributed by atoms with van der Waals surface area (Å²) in [5.74, 6) is 0.317. The Morgan fingerprint density at radius 1 is 1.23 bits per heavy atom. The van der Waals surface area contributed by atoms with Crippen LogP contribution in [0.5, 0.6) is 0 Å². The minimum absolute atomic E-state index is 0.291. The number of hydrogen-bond donors (Lipinski definition) is 1. The molecule has 1 atom stereocenters. The Hall–Kier alpha value is -2.35. The largest absolute Gasteiger partial charge is 0.416 e. The molecular formula is C18H19F3N4O. The highest BCUT2D eigenvalue weighted by molar-refractivity contribution is 5.55. The van der Waals surface area contributed by atoms with Gasteiger partial charge in [0, 0.05) is 36.9 Å². The maximum Gasteiger partial charge on any atom is 0.416 e. The molecule has 2 aliphatic rings. The monoisotopic (exact) mass is 364 g/mol. The first-order chi connectivity index (χ1) is 12.5. The van der Waals surface area contributed by atoms with E-state index in [9.17, 15) is 13.2 Å². The first-order valence-electron chi connectivity index (χ1n) is 8.65. The molecular weight excluding hydrogens is 345 g/mol. The van der Waals surface area contributed by atoms with Gasteiger partial charge in [-0.05, 0) is 25.3 Å². The second-order valence-corrected chi connectivity index (χ2v) is 6.58. The SMILES string of the molecule is FC(F)(F)C1=CC(c2cnn3ccc(NC4CCOCC4)nc23)CC=C1. The minimum Gasteiger partial charge on any atom is -0.381 e. The van der Waals surface area contributed by atoms with Crippen molar-refractivity contribution in [3.05, 3.63) is 47.8 Å². The lowest BCUT2D eigenvalue weighted by molar-refractivity contribution is -0.0887. The molecule has 2 aromatic heterocycles. The summed E-state index contributed by atoms with van der Waals surface area (Å²) in [5.41, 5.74) is 0.663. The number of nitrogens with zero attached hydrogens (tertiary/aromatic N) is 3. The van der Waals surface area contributed by atoms with Gasteiger partial charge >= 0.3 is 6.18 Å². The summed E-state index contributed by atoms with van der Waals surface area (Å²) in [6, 6.07) is 2.12. The van der Waals surface area contributed by atoms with Gasteiger partial charge in [0.15, 0.2) is 5.65 Å². The van der Waals surface area contributed by atoms with E-state index >= 15 is 0 Å². The fraction of sp³-hybridized carbons (Fsp3) is 0.444. The van der Waals surface area contributed by atoms with E-state index in [2.05, 4.69) is 15.4 Å². The van der Waals surface area contributed by atoms with Gasteiger partial charge in [-0.25, -0.2) is 9.50 Å². The maximum atomic E-state index is 13.0. The summed E-state index contributed by atoms with van der Waals surface area (Å²) in [5, 5.41) is 7.63. The van der Waals surface area contributed by atoms with Gasteiger partial charge in [-0.1, -0.05) is 18.2 Å². The molecule has 1 fully saturated rings. The van der Waals surface area contributed by atoms with Crippen molar-refractivity contribution in [3.8, 4) is 0 Å². The van der Waals surface area contributed by atoms with Crippen molar-refractivity contribution >= 4 is 11.5 Å². The normalized spacial score (nSPS) is 21.8. The molecule has 0 aromatic carbocycles. The third kappa shape index (κ3) is 3.46. The number of alkyl halides is 3. The van der Waals surface area contributed by atoms with Gasteiger partial charge in [0.1, 0.15) is 5.82 Å². The number of halogens is 3.